The fourth-order valence-corrected chi connectivity index (χ4v) is 1.18. The van der Waals surface area contributed by atoms with Gasteiger partial charge < -0.3 is 5.73 Å². The standard InChI is InChI=1S/C6H14N2/c1-2-8-4-3-6(8)5-7/h6H,2-5,7H2,1H3. The van der Waals surface area contributed by atoms with Gasteiger partial charge in [-0.3, -0.25) is 4.90 Å². The summed E-state index contributed by atoms with van der Waals surface area (Å²) >= 11 is 0. The van der Waals surface area contributed by atoms with Crippen molar-refractivity contribution in [3.05, 3.63) is 0 Å². The Balaban J connectivity index is 2.16. The Morgan fingerprint density at radius 1 is 1.75 bits per heavy atom. The van der Waals surface area contributed by atoms with E-state index in [2.05, 4.69) is 11.8 Å². The highest BCUT2D eigenvalue weighted by Gasteiger charge is 2.23. The molecule has 0 aromatic carbocycles. The SMILES string of the molecule is CCN1CCC1CN. The van der Waals surface area contributed by atoms with E-state index < -0.39 is 0 Å². The molecule has 48 valence electrons. The molecule has 0 saturated carbocycles. The summed E-state index contributed by atoms with van der Waals surface area (Å²) < 4.78 is 0. The van der Waals surface area contributed by atoms with Gasteiger partial charge >= 0.3 is 0 Å². The van der Waals surface area contributed by atoms with Gasteiger partial charge in [-0.2, -0.15) is 0 Å². The van der Waals surface area contributed by atoms with Gasteiger partial charge in [-0.15, -0.1) is 0 Å². The quantitative estimate of drug-likeness (QED) is 0.549. The molecule has 1 aliphatic rings. The van der Waals surface area contributed by atoms with E-state index in [1.807, 2.05) is 0 Å². The molecular weight excluding hydrogens is 100 g/mol. The zero-order valence-corrected chi connectivity index (χ0v) is 5.43. The van der Waals surface area contributed by atoms with Crippen molar-refractivity contribution in [2.45, 2.75) is 19.4 Å². The van der Waals surface area contributed by atoms with Gasteiger partial charge in [0, 0.05) is 19.1 Å². The smallest absolute Gasteiger partial charge is 0.0230 e. The molecule has 1 heterocycles. The van der Waals surface area contributed by atoms with Gasteiger partial charge in [-0.1, -0.05) is 6.92 Å². The van der Waals surface area contributed by atoms with E-state index in [0.717, 1.165) is 6.54 Å². The first-order valence-corrected chi connectivity index (χ1v) is 3.32. The summed E-state index contributed by atoms with van der Waals surface area (Å²) in [5, 5.41) is 0. The zero-order valence-electron chi connectivity index (χ0n) is 5.43. The number of likely N-dealkylation sites (N-methyl/N-ethyl adjacent to an activating group) is 1. The van der Waals surface area contributed by atoms with Crippen LogP contribution in [-0.4, -0.2) is 30.6 Å². The molecule has 1 rings (SSSR count). The summed E-state index contributed by atoms with van der Waals surface area (Å²) in [6.45, 7) is 5.45. The number of nitrogens with zero attached hydrogens (tertiary/aromatic N) is 1. The minimum atomic E-state index is 0.708. The Hall–Kier alpha value is -0.0800. The first kappa shape index (κ1) is 6.05. The second-order valence-electron chi connectivity index (χ2n) is 2.31. The highest BCUT2D eigenvalue weighted by Crippen LogP contribution is 2.13. The second kappa shape index (κ2) is 2.46. The van der Waals surface area contributed by atoms with E-state index in [1.54, 1.807) is 0 Å². The van der Waals surface area contributed by atoms with Crippen LogP contribution < -0.4 is 5.73 Å². The molecule has 0 bridgehead atoms. The Labute approximate surface area is 50.7 Å². The van der Waals surface area contributed by atoms with Gasteiger partial charge in [-0.25, -0.2) is 0 Å². The third-order valence-electron chi connectivity index (χ3n) is 1.94. The normalized spacial score (nSPS) is 30.0. The van der Waals surface area contributed by atoms with Crippen LogP contribution >= 0.6 is 0 Å². The largest absolute Gasteiger partial charge is 0.329 e. The van der Waals surface area contributed by atoms with Crippen molar-refractivity contribution in [2.75, 3.05) is 19.6 Å². The Morgan fingerprint density at radius 2 is 2.50 bits per heavy atom. The molecule has 0 aliphatic carbocycles. The van der Waals surface area contributed by atoms with E-state index in [9.17, 15) is 0 Å². The van der Waals surface area contributed by atoms with Crippen LogP contribution in [0.3, 0.4) is 0 Å². The molecule has 8 heavy (non-hydrogen) atoms. The molecule has 1 atom stereocenters. The Bertz CT molecular complexity index is 58.9. The van der Waals surface area contributed by atoms with Gasteiger partial charge in [0.2, 0.25) is 0 Å². The molecule has 2 nitrogen and oxygen atoms in total. The van der Waals surface area contributed by atoms with E-state index >= 15 is 0 Å². The molecule has 2 heteroatoms. The van der Waals surface area contributed by atoms with Gasteiger partial charge in [0.25, 0.3) is 0 Å². The summed E-state index contributed by atoms with van der Waals surface area (Å²) in [6.07, 6.45) is 1.31. The second-order valence-corrected chi connectivity index (χ2v) is 2.31. The summed E-state index contributed by atoms with van der Waals surface area (Å²) in [5.41, 5.74) is 5.46. The first-order chi connectivity index (χ1) is 3.88. The Morgan fingerprint density at radius 3 is 2.62 bits per heavy atom. The third kappa shape index (κ3) is 0.858. The number of hydrogen-bond donors (Lipinski definition) is 1. The van der Waals surface area contributed by atoms with Crippen LogP contribution in [0.4, 0.5) is 0 Å². The topological polar surface area (TPSA) is 29.3 Å². The van der Waals surface area contributed by atoms with Crippen molar-refractivity contribution < 1.29 is 0 Å². The molecule has 0 aromatic rings. The predicted octanol–water partition coefficient (Wildman–Crippen LogP) is 0.0393. The van der Waals surface area contributed by atoms with Crippen molar-refractivity contribution in [1.82, 2.24) is 4.90 Å². The molecule has 2 N–H and O–H groups in total. The minimum absolute atomic E-state index is 0.708. The predicted molar refractivity (Wildman–Crippen MR) is 34.7 cm³/mol. The van der Waals surface area contributed by atoms with Crippen LogP contribution in [0.5, 0.6) is 0 Å². The molecule has 1 aliphatic heterocycles. The van der Waals surface area contributed by atoms with Crippen LogP contribution in [0.25, 0.3) is 0 Å². The maximum absolute atomic E-state index is 5.46. The van der Waals surface area contributed by atoms with Crippen LogP contribution in [0.15, 0.2) is 0 Å². The maximum atomic E-state index is 5.46. The summed E-state index contributed by atoms with van der Waals surface area (Å²) in [5.74, 6) is 0. The van der Waals surface area contributed by atoms with Gasteiger partial charge in [0.1, 0.15) is 0 Å². The van der Waals surface area contributed by atoms with E-state index in [4.69, 9.17) is 5.73 Å². The van der Waals surface area contributed by atoms with E-state index in [1.165, 1.54) is 19.5 Å². The summed E-state index contributed by atoms with van der Waals surface area (Å²) in [7, 11) is 0. The lowest BCUT2D eigenvalue weighted by Gasteiger charge is -2.39. The first-order valence-electron chi connectivity index (χ1n) is 3.32. The molecule has 1 unspecified atom stereocenters. The number of rotatable bonds is 2. The average Bonchev–Trinajstić information content (AvgIpc) is 1.66. The van der Waals surface area contributed by atoms with Crippen LogP contribution in [0.1, 0.15) is 13.3 Å². The number of hydrogen-bond acceptors (Lipinski definition) is 2. The molecule has 0 amide bonds. The molecule has 1 saturated heterocycles. The number of nitrogens with two attached hydrogens (primary N) is 1. The monoisotopic (exact) mass is 114 g/mol. The van der Waals surface area contributed by atoms with Gasteiger partial charge in [-0.05, 0) is 13.0 Å². The van der Waals surface area contributed by atoms with Crippen molar-refractivity contribution >= 4 is 0 Å². The van der Waals surface area contributed by atoms with Crippen molar-refractivity contribution in [3.8, 4) is 0 Å². The lowest BCUT2D eigenvalue weighted by atomic mass is 10.0. The van der Waals surface area contributed by atoms with Crippen molar-refractivity contribution in [3.63, 3.8) is 0 Å². The molecule has 1 fully saturated rings. The molecule has 0 radical (unpaired) electrons. The molecule has 0 aromatic heterocycles. The average molecular weight is 114 g/mol. The summed E-state index contributed by atoms with van der Waals surface area (Å²) in [4.78, 5) is 2.40. The fourth-order valence-electron chi connectivity index (χ4n) is 1.18. The zero-order chi connectivity index (χ0) is 5.98. The minimum Gasteiger partial charge on any atom is -0.329 e. The van der Waals surface area contributed by atoms with E-state index in [0.29, 0.717) is 6.04 Å². The van der Waals surface area contributed by atoms with Crippen LogP contribution in [0, 0.1) is 0 Å². The van der Waals surface area contributed by atoms with Crippen LogP contribution in [-0.2, 0) is 0 Å². The van der Waals surface area contributed by atoms with Crippen LogP contribution in [0.2, 0.25) is 0 Å². The molecule has 0 spiro atoms. The maximum Gasteiger partial charge on any atom is 0.0230 e. The van der Waals surface area contributed by atoms with Crippen molar-refractivity contribution in [1.29, 1.82) is 0 Å². The third-order valence-corrected chi connectivity index (χ3v) is 1.94. The highest BCUT2D eigenvalue weighted by atomic mass is 15.2. The van der Waals surface area contributed by atoms with Crippen molar-refractivity contribution in [2.24, 2.45) is 5.73 Å². The van der Waals surface area contributed by atoms with E-state index in [-0.39, 0.29) is 0 Å². The summed E-state index contributed by atoms with van der Waals surface area (Å²) in [6, 6.07) is 0.708. The molecular formula is C6H14N2. The van der Waals surface area contributed by atoms with Gasteiger partial charge in [0.05, 0.1) is 0 Å². The highest BCUT2D eigenvalue weighted by molar-refractivity contribution is 4.81. The lowest BCUT2D eigenvalue weighted by molar-refractivity contribution is 0.104. The lowest BCUT2D eigenvalue weighted by Crippen LogP contribution is -2.51. The Kier molecular flexibility index (Phi) is 1.86. The van der Waals surface area contributed by atoms with Gasteiger partial charge in [0.15, 0.2) is 0 Å². The number of likely N-dealkylation sites (tertiary alicyclic amines) is 1. The fraction of sp³-hybridized carbons (Fsp3) is 1.00.